The summed E-state index contributed by atoms with van der Waals surface area (Å²) in [4.78, 5) is 25.6. The van der Waals surface area contributed by atoms with Crippen LogP contribution >= 0.6 is 24.0 Å². The van der Waals surface area contributed by atoms with Gasteiger partial charge >= 0.3 is 5.97 Å². The minimum Gasteiger partial charge on any atom is -0.481 e. The molecule has 1 fully saturated rings. The molecule has 0 atom stereocenters. The third-order valence-corrected chi connectivity index (χ3v) is 6.54. The summed E-state index contributed by atoms with van der Waals surface area (Å²) in [6, 6.07) is 12.5. The Balaban J connectivity index is 1.69. The van der Waals surface area contributed by atoms with Crippen LogP contribution in [0.3, 0.4) is 0 Å². The number of hydrogen-bond acceptors (Lipinski definition) is 4. The molecular formula is C22H20N2O3S2. The number of fused-ring (bicyclic) bond motifs is 3. The molecule has 1 aliphatic rings. The Morgan fingerprint density at radius 1 is 1.24 bits per heavy atom. The van der Waals surface area contributed by atoms with Crippen molar-refractivity contribution in [1.82, 2.24) is 9.47 Å². The average Bonchev–Trinajstić information content (AvgIpc) is 3.11. The zero-order valence-electron chi connectivity index (χ0n) is 16.1. The zero-order valence-corrected chi connectivity index (χ0v) is 17.8. The first-order valence-corrected chi connectivity index (χ1v) is 10.5. The van der Waals surface area contributed by atoms with E-state index < -0.39 is 5.97 Å². The van der Waals surface area contributed by atoms with Crippen molar-refractivity contribution in [2.45, 2.75) is 19.8 Å². The van der Waals surface area contributed by atoms with Crippen molar-refractivity contribution in [3.8, 4) is 0 Å². The number of para-hydroxylation sites is 1. The van der Waals surface area contributed by atoms with Crippen LogP contribution in [0, 0.1) is 6.92 Å². The largest absolute Gasteiger partial charge is 0.481 e. The Labute approximate surface area is 178 Å². The molecule has 1 aromatic heterocycles. The number of thioether (sulfide) groups is 1. The van der Waals surface area contributed by atoms with E-state index in [0.29, 0.717) is 22.2 Å². The predicted molar refractivity (Wildman–Crippen MR) is 122 cm³/mol. The van der Waals surface area contributed by atoms with E-state index in [1.54, 1.807) is 0 Å². The standard InChI is InChI=1S/C22H20N2O3S2/c1-13-10-14(11-16-15-6-3-4-7-17(15)23(2)20(13)16)12-18-21(27)24(22(28)29-18)9-5-8-19(25)26/h3-4,6-7,10-12H,5,8-9H2,1-2H3,(H,25,26)/b18-12-. The molecule has 0 saturated carbocycles. The first-order valence-electron chi connectivity index (χ1n) is 9.32. The summed E-state index contributed by atoms with van der Waals surface area (Å²) < 4.78 is 2.68. The van der Waals surface area contributed by atoms with Crippen LogP contribution in [0.4, 0.5) is 0 Å². The first kappa shape index (κ1) is 19.7. The molecule has 2 aromatic carbocycles. The van der Waals surface area contributed by atoms with E-state index in [-0.39, 0.29) is 12.3 Å². The molecule has 0 bridgehead atoms. The molecule has 148 valence electrons. The van der Waals surface area contributed by atoms with Crippen molar-refractivity contribution in [2.75, 3.05) is 6.54 Å². The quantitative estimate of drug-likeness (QED) is 0.475. The summed E-state index contributed by atoms with van der Waals surface area (Å²) in [5.74, 6) is -1.02. The second-order valence-electron chi connectivity index (χ2n) is 7.14. The molecule has 4 rings (SSSR count). The molecule has 1 saturated heterocycles. The van der Waals surface area contributed by atoms with E-state index in [4.69, 9.17) is 17.3 Å². The van der Waals surface area contributed by atoms with Gasteiger partial charge in [0.2, 0.25) is 0 Å². The number of carbonyl (C=O) groups is 2. The van der Waals surface area contributed by atoms with Gasteiger partial charge in [0.1, 0.15) is 4.32 Å². The Bertz CT molecular complexity index is 1210. The summed E-state index contributed by atoms with van der Waals surface area (Å²) in [5.41, 5.74) is 4.46. The van der Waals surface area contributed by atoms with Crippen molar-refractivity contribution in [2.24, 2.45) is 7.05 Å². The van der Waals surface area contributed by atoms with Crippen molar-refractivity contribution in [3.63, 3.8) is 0 Å². The predicted octanol–water partition coefficient (Wildman–Crippen LogP) is 4.71. The molecule has 1 amide bonds. The number of benzene rings is 2. The van der Waals surface area contributed by atoms with E-state index in [1.807, 2.05) is 18.2 Å². The number of carboxylic acids is 1. The Morgan fingerprint density at radius 2 is 2.00 bits per heavy atom. The fraction of sp³-hybridized carbons (Fsp3) is 0.227. The lowest BCUT2D eigenvalue weighted by molar-refractivity contribution is -0.137. The van der Waals surface area contributed by atoms with Gasteiger partial charge in [-0.1, -0.05) is 42.2 Å². The molecule has 0 spiro atoms. The van der Waals surface area contributed by atoms with E-state index >= 15 is 0 Å². The lowest BCUT2D eigenvalue weighted by Crippen LogP contribution is -2.29. The van der Waals surface area contributed by atoms with Gasteiger partial charge in [-0.05, 0) is 48.7 Å². The van der Waals surface area contributed by atoms with Crippen LogP contribution < -0.4 is 0 Å². The smallest absolute Gasteiger partial charge is 0.303 e. The number of aromatic nitrogens is 1. The zero-order chi connectivity index (χ0) is 20.7. The van der Waals surface area contributed by atoms with Crippen LogP contribution in [0.15, 0.2) is 41.3 Å². The normalized spacial score (nSPS) is 15.9. The van der Waals surface area contributed by atoms with E-state index in [1.165, 1.54) is 33.1 Å². The van der Waals surface area contributed by atoms with Gasteiger partial charge in [-0.15, -0.1) is 0 Å². The summed E-state index contributed by atoms with van der Waals surface area (Å²) in [6.45, 7) is 2.41. The first-order chi connectivity index (χ1) is 13.9. The number of aryl methyl sites for hydroxylation is 2. The maximum atomic E-state index is 12.8. The Kier molecular flexibility index (Phi) is 5.19. The lowest BCUT2D eigenvalue weighted by atomic mass is 10.0. The minimum atomic E-state index is -0.871. The van der Waals surface area contributed by atoms with Crippen molar-refractivity contribution >= 4 is 68.1 Å². The highest BCUT2D eigenvalue weighted by atomic mass is 32.2. The molecule has 0 unspecified atom stereocenters. The fourth-order valence-corrected chi connectivity index (χ4v) is 5.20. The molecule has 5 nitrogen and oxygen atoms in total. The van der Waals surface area contributed by atoms with Gasteiger partial charge in [0, 0.05) is 36.3 Å². The molecule has 0 aliphatic carbocycles. The Morgan fingerprint density at radius 3 is 2.76 bits per heavy atom. The van der Waals surface area contributed by atoms with Crippen molar-refractivity contribution < 1.29 is 14.7 Å². The van der Waals surface area contributed by atoms with Crippen LogP contribution in [0.25, 0.3) is 27.9 Å². The number of aliphatic carboxylic acids is 1. The highest BCUT2D eigenvalue weighted by molar-refractivity contribution is 8.26. The van der Waals surface area contributed by atoms with Gasteiger partial charge < -0.3 is 9.67 Å². The highest BCUT2D eigenvalue weighted by Crippen LogP contribution is 2.35. The number of rotatable bonds is 5. The van der Waals surface area contributed by atoms with Gasteiger partial charge in [0.25, 0.3) is 5.91 Å². The summed E-state index contributed by atoms with van der Waals surface area (Å²) >= 11 is 6.61. The van der Waals surface area contributed by atoms with Crippen LogP contribution in [0.1, 0.15) is 24.0 Å². The van der Waals surface area contributed by atoms with E-state index in [9.17, 15) is 9.59 Å². The lowest BCUT2D eigenvalue weighted by Gasteiger charge is -2.13. The number of nitrogens with zero attached hydrogens (tertiary/aromatic N) is 2. The van der Waals surface area contributed by atoms with E-state index in [0.717, 1.165) is 16.5 Å². The third-order valence-electron chi connectivity index (χ3n) is 5.16. The maximum Gasteiger partial charge on any atom is 0.303 e. The third kappa shape index (κ3) is 3.56. The number of thiocarbonyl (C=S) groups is 1. The molecule has 0 radical (unpaired) electrons. The maximum absolute atomic E-state index is 12.8. The summed E-state index contributed by atoms with van der Waals surface area (Å²) in [5, 5.41) is 11.1. The molecular weight excluding hydrogens is 404 g/mol. The number of carbonyl (C=O) groups excluding carboxylic acids is 1. The average molecular weight is 425 g/mol. The van der Waals surface area contributed by atoms with Gasteiger partial charge in [0.05, 0.1) is 10.4 Å². The topological polar surface area (TPSA) is 62.5 Å². The second kappa shape index (κ2) is 7.65. The van der Waals surface area contributed by atoms with Gasteiger partial charge in [0.15, 0.2) is 0 Å². The molecule has 29 heavy (non-hydrogen) atoms. The molecule has 7 heteroatoms. The molecule has 1 N–H and O–H groups in total. The van der Waals surface area contributed by atoms with Crippen LogP contribution in [0.2, 0.25) is 0 Å². The SMILES string of the molecule is Cc1cc(/C=C2\SC(=S)N(CCCC(=O)O)C2=O)cc2c3ccccc3n(C)c12. The number of carboxylic acid groups (broad SMARTS) is 1. The molecule has 1 aliphatic heterocycles. The van der Waals surface area contributed by atoms with Crippen LogP contribution in [-0.2, 0) is 16.6 Å². The van der Waals surface area contributed by atoms with Gasteiger partial charge in [-0.2, -0.15) is 0 Å². The number of amides is 1. The Hall–Kier alpha value is -2.64. The van der Waals surface area contributed by atoms with Crippen LogP contribution in [0.5, 0.6) is 0 Å². The van der Waals surface area contributed by atoms with Crippen molar-refractivity contribution in [1.29, 1.82) is 0 Å². The number of hydrogen-bond donors (Lipinski definition) is 1. The van der Waals surface area contributed by atoms with Gasteiger partial charge in [-0.25, -0.2) is 0 Å². The molecule has 2 heterocycles. The van der Waals surface area contributed by atoms with Gasteiger partial charge in [-0.3, -0.25) is 14.5 Å². The summed E-state index contributed by atoms with van der Waals surface area (Å²) in [7, 11) is 2.07. The highest BCUT2D eigenvalue weighted by Gasteiger charge is 2.31. The van der Waals surface area contributed by atoms with E-state index in [2.05, 4.69) is 42.8 Å². The monoisotopic (exact) mass is 424 g/mol. The van der Waals surface area contributed by atoms with Crippen LogP contribution in [-0.4, -0.2) is 37.3 Å². The molecule has 3 aromatic rings. The summed E-state index contributed by atoms with van der Waals surface area (Å²) in [6.07, 6.45) is 2.29. The van der Waals surface area contributed by atoms with Crippen molar-refractivity contribution in [3.05, 3.63) is 52.4 Å². The minimum absolute atomic E-state index is 0.0209. The fourth-order valence-electron chi connectivity index (χ4n) is 3.89. The second-order valence-corrected chi connectivity index (χ2v) is 8.82.